The molecule has 0 aromatic carbocycles. The van der Waals surface area contributed by atoms with Crippen LogP contribution in [0.1, 0.15) is 77.6 Å². The van der Waals surface area contributed by atoms with Crippen LogP contribution in [-0.4, -0.2) is 35.9 Å². The lowest BCUT2D eigenvalue weighted by Gasteiger charge is -2.28. The second kappa shape index (κ2) is 10.9. The minimum Gasteiger partial charge on any atom is -0.481 e. The quantitative estimate of drug-likeness (QED) is 0.389. The monoisotopic (exact) mass is 337 g/mol. The van der Waals surface area contributed by atoms with E-state index in [0.717, 1.165) is 25.8 Å². The molecule has 2 aliphatic rings. The highest BCUT2D eigenvalue weighted by Gasteiger charge is 2.47. The van der Waals surface area contributed by atoms with Crippen LogP contribution in [0.15, 0.2) is 12.2 Å². The summed E-state index contributed by atoms with van der Waals surface area (Å²) in [4.78, 5) is 10.5. The van der Waals surface area contributed by atoms with Gasteiger partial charge in [-0.05, 0) is 45.1 Å². The number of hydrogen-bond donors (Lipinski definition) is 2. The zero-order valence-corrected chi connectivity index (χ0v) is 15.2. The molecule has 2 fully saturated rings. The molecule has 0 aromatic rings. The number of unbranched alkanes of at least 4 members (excludes halogenated alkanes) is 5. The lowest BCUT2D eigenvalue weighted by molar-refractivity contribution is -0.137. The molecular formula is C20H35NO3. The van der Waals surface area contributed by atoms with Crippen LogP contribution in [0.2, 0.25) is 0 Å². The number of carboxylic acids is 1. The molecule has 0 radical (unpaired) electrons. The summed E-state index contributed by atoms with van der Waals surface area (Å²) in [5.74, 6) is -0.108. The van der Waals surface area contributed by atoms with Crippen molar-refractivity contribution in [3.63, 3.8) is 0 Å². The molecule has 138 valence electrons. The number of rotatable bonds is 13. The van der Waals surface area contributed by atoms with Gasteiger partial charge in [-0.15, -0.1) is 0 Å². The zero-order valence-electron chi connectivity index (χ0n) is 15.2. The van der Waals surface area contributed by atoms with Crippen LogP contribution in [0.25, 0.3) is 0 Å². The molecule has 2 bridgehead atoms. The van der Waals surface area contributed by atoms with Crippen molar-refractivity contribution >= 4 is 5.97 Å². The maximum absolute atomic E-state index is 10.5. The van der Waals surface area contributed by atoms with Gasteiger partial charge in [0.15, 0.2) is 0 Å². The first-order valence-corrected chi connectivity index (χ1v) is 9.98. The molecule has 0 aromatic heterocycles. The van der Waals surface area contributed by atoms with Crippen molar-refractivity contribution in [2.75, 3.05) is 6.54 Å². The largest absolute Gasteiger partial charge is 0.481 e. The Bertz CT molecular complexity index is 396. The van der Waals surface area contributed by atoms with E-state index in [0.29, 0.717) is 24.2 Å². The lowest BCUT2D eigenvalue weighted by atomic mass is 9.82. The van der Waals surface area contributed by atoms with E-state index in [9.17, 15) is 4.79 Å². The summed E-state index contributed by atoms with van der Waals surface area (Å²) in [7, 11) is 0. The van der Waals surface area contributed by atoms with E-state index in [2.05, 4.69) is 24.4 Å². The van der Waals surface area contributed by atoms with Gasteiger partial charge in [0.2, 0.25) is 0 Å². The number of allylic oxidation sites excluding steroid dienone is 2. The van der Waals surface area contributed by atoms with Gasteiger partial charge in [-0.25, -0.2) is 0 Å². The summed E-state index contributed by atoms with van der Waals surface area (Å²) in [5, 5.41) is 12.4. The average molecular weight is 338 g/mol. The molecular weight excluding hydrogens is 302 g/mol. The summed E-state index contributed by atoms with van der Waals surface area (Å²) in [6.07, 6.45) is 17.2. The fourth-order valence-electron chi connectivity index (χ4n) is 4.10. The summed E-state index contributed by atoms with van der Waals surface area (Å²) in [6.45, 7) is 3.37. The van der Waals surface area contributed by atoms with Gasteiger partial charge in [-0.1, -0.05) is 44.8 Å². The molecule has 0 saturated carbocycles. The van der Waals surface area contributed by atoms with E-state index in [1.165, 1.54) is 44.9 Å². The van der Waals surface area contributed by atoms with Crippen molar-refractivity contribution < 1.29 is 14.6 Å². The Balaban J connectivity index is 1.65. The molecule has 24 heavy (non-hydrogen) atoms. The normalized spacial score (nSPS) is 28.9. The van der Waals surface area contributed by atoms with Crippen LogP contribution in [0, 0.1) is 5.92 Å². The van der Waals surface area contributed by atoms with Crippen molar-refractivity contribution in [3.8, 4) is 0 Å². The van der Waals surface area contributed by atoms with E-state index < -0.39 is 5.97 Å². The Morgan fingerprint density at radius 3 is 2.71 bits per heavy atom. The van der Waals surface area contributed by atoms with E-state index >= 15 is 0 Å². The Labute approximate surface area is 147 Å². The van der Waals surface area contributed by atoms with E-state index in [1.807, 2.05) is 0 Å². The number of hydrogen-bond acceptors (Lipinski definition) is 3. The molecule has 0 aliphatic carbocycles. The number of nitrogens with one attached hydrogen (secondary N) is 1. The fraction of sp³-hybridized carbons (Fsp3) is 0.850. The lowest BCUT2D eigenvalue weighted by Crippen LogP contribution is -2.44. The number of ether oxygens (including phenoxy) is 1. The van der Waals surface area contributed by atoms with Crippen LogP contribution in [0.5, 0.6) is 0 Å². The SMILES string of the molecule is CCCCCCCN[C@H]1[C@@H](CC=CCCCC(=O)O)[C@H]2CC[C@@H]1O2. The molecule has 2 saturated heterocycles. The van der Waals surface area contributed by atoms with Gasteiger partial charge in [-0.3, -0.25) is 4.79 Å². The summed E-state index contributed by atoms with van der Waals surface area (Å²) >= 11 is 0. The molecule has 4 nitrogen and oxygen atoms in total. The number of aliphatic carboxylic acids is 1. The van der Waals surface area contributed by atoms with Gasteiger partial charge < -0.3 is 15.2 Å². The van der Waals surface area contributed by atoms with Crippen molar-refractivity contribution in [1.82, 2.24) is 5.32 Å². The fourth-order valence-corrected chi connectivity index (χ4v) is 4.10. The maximum atomic E-state index is 10.5. The highest BCUT2D eigenvalue weighted by atomic mass is 16.5. The van der Waals surface area contributed by atoms with Gasteiger partial charge in [0, 0.05) is 18.4 Å². The molecule has 0 unspecified atom stereocenters. The summed E-state index contributed by atoms with van der Waals surface area (Å²) in [5.41, 5.74) is 0. The standard InChI is InChI=1S/C20H35NO3/c1-2-3-4-7-10-15-21-20-16(17-13-14-18(20)24-17)11-8-5-6-9-12-19(22)23/h5,8,16-18,20-21H,2-4,6-7,9-15H2,1H3,(H,22,23)/t16-,17+,18-,20-/m0/s1. The highest BCUT2D eigenvalue weighted by Crippen LogP contribution is 2.41. The molecule has 0 amide bonds. The Morgan fingerprint density at radius 2 is 1.92 bits per heavy atom. The molecule has 4 heteroatoms. The van der Waals surface area contributed by atoms with Crippen molar-refractivity contribution in [2.24, 2.45) is 5.92 Å². The second-order valence-corrected chi connectivity index (χ2v) is 7.34. The first kappa shape index (κ1) is 19.5. The van der Waals surface area contributed by atoms with Gasteiger partial charge in [0.1, 0.15) is 0 Å². The van der Waals surface area contributed by atoms with Gasteiger partial charge in [-0.2, -0.15) is 0 Å². The Hall–Kier alpha value is -0.870. The molecule has 2 heterocycles. The molecule has 2 N–H and O–H groups in total. The molecule has 2 aliphatic heterocycles. The molecule has 2 rings (SSSR count). The predicted molar refractivity (Wildman–Crippen MR) is 97.2 cm³/mol. The number of carbonyl (C=O) groups is 1. The highest BCUT2D eigenvalue weighted by molar-refractivity contribution is 5.66. The predicted octanol–water partition coefficient (Wildman–Crippen LogP) is 4.29. The second-order valence-electron chi connectivity index (χ2n) is 7.34. The average Bonchev–Trinajstić information content (AvgIpc) is 3.15. The van der Waals surface area contributed by atoms with E-state index in [-0.39, 0.29) is 6.42 Å². The maximum Gasteiger partial charge on any atom is 0.303 e. The molecule has 4 atom stereocenters. The number of carboxylic acid groups (broad SMARTS) is 1. The van der Waals surface area contributed by atoms with Crippen LogP contribution >= 0.6 is 0 Å². The van der Waals surface area contributed by atoms with Gasteiger partial charge in [0.05, 0.1) is 12.2 Å². The third-order valence-electron chi connectivity index (χ3n) is 5.42. The minimum absolute atomic E-state index is 0.268. The smallest absolute Gasteiger partial charge is 0.303 e. The third-order valence-corrected chi connectivity index (χ3v) is 5.42. The third kappa shape index (κ3) is 6.21. The molecule has 0 spiro atoms. The number of fused-ring (bicyclic) bond motifs is 2. The van der Waals surface area contributed by atoms with E-state index in [1.54, 1.807) is 0 Å². The minimum atomic E-state index is -0.701. The van der Waals surface area contributed by atoms with Crippen LogP contribution < -0.4 is 5.32 Å². The van der Waals surface area contributed by atoms with Crippen LogP contribution in [0.4, 0.5) is 0 Å². The van der Waals surface area contributed by atoms with Crippen molar-refractivity contribution in [3.05, 3.63) is 12.2 Å². The summed E-state index contributed by atoms with van der Waals surface area (Å²) in [6, 6.07) is 0.513. The Morgan fingerprint density at radius 1 is 1.12 bits per heavy atom. The van der Waals surface area contributed by atoms with Crippen LogP contribution in [0.3, 0.4) is 0 Å². The van der Waals surface area contributed by atoms with E-state index in [4.69, 9.17) is 9.84 Å². The zero-order chi connectivity index (χ0) is 17.2. The van der Waals surface area contributed by atoms with Gasteiger partial charge in [0.25, 0.3) is 0 Å². The van der Waals surface area contributed by atoms with Crippen molar-refractivity contribution in [1.29, 1.82) is 0 Å². The topological polar surface area (TPSA) is 58.6 Å². The first-order valence-electron chi connectivity index (χ1n) is 9.98. The van der Waals surface area contributed by atoms with Crippen molar-refractivity contribution in [2.45, 2.75) is 95.8 Å². The Kier molecular flexibility index (Phi) is 8.82. The van der Waals surface area contributed by atoms with Gasteiger partial charge >= 0.3 is 5.97 Å². The van der Waals surface area contributed by atoms with Crippen LogP contribution in [-0.2, 0) is 9.53 Å². The first-order chi connectivity index (χ1) is 11.7. The summed E-state index contributed by atoms with van der Waals surface area (Å²) < 4.78 is 6.13.